The quantitative estimate of drug-likeness (QED) is 0.384. The molecular formula is C27H23NO6. The van der Waals surface area contributed by atoms with Crippen molar-refractivity contribution in [2.24, 2.45) is 0 Å². The van der Waals surface area contributed by atoms with Crippen LogP contribution in [0.3, 0.4) is 0 Å². The van der Waals surface area contributed by atoms with Gasteiger partial charge in [-0.1, -0.05) is 24.3 Å². The van der Waals surface area contributed by atoms with Gasteiger partial charge in [0.25, 0.3) is 5.91 Å². The summed E-state index contributed by atoms with van der Waals surface area (Å²) in [7, 11) is 1.51. The fourth-order valence-corrected chi connectivity index (χ4v) is 4.38. The second-order valence-corrected chi connectivity index (χ2v) is 8.40. The van der Waals surface area contributed by atoms with Crippen molar-refractivity contribution in [1.82, 2.24) is 0 Å². The van der Waals surface area contributed by atoms with Gasteiger partial charge < -0.3 is 18.7 Å². The Hall–Kier alpha value is -4.26. The molecule has 7 nitrogen and oxygen atoms in total. The Morgan fingerprint density at radius 2 is 1.82 bits per heavy atom. The highest BCUT2D eigenvalue weighted by molar-refractivity contribution is 6.20. The highest BCUT2D eigenvalue weighted by Gasteiger charge is 2.47. The zero-order valence-corrected chi connectivity index (χ0v) is 19.2. The molecule has 172 valence electrons. The van der Waals surface area contributed by atoms with Crippen molar-refractivity contribution < 1.29 is 28.3 Å². The Bertz CT molecular complexity index is 1490. The molecule has 0 fully saturated rings. The molecule has 5 rings (SSSR count). The molecule has 0 bridgehead atoms. The van der Waals surface area contributed by atoms with Crippen molar-refractivity contribution in [1.29, 1.82) is 0 Å². The number of Topliss-reactive ketones (excluding diaryl/α,β-unsaturated/α-hetero) is 1. The summed E-state index contributed by atoms with van der Waals surface area (Å²) >= 11 is 0. The van der Waals surface area contributed by atoms with Crippen LogP contribution in [0.15, 0.2) is 74.8 Å². The number of aryl methyl sites for hydroxylation is 3. The van der Waals surface area contributed by atoms with Gasteiger partial charge in [-0.15, -0.1) is 0 Å². The van der Waals surface area contributed by atoms with E-state index in [1.165, 1.54) is 12.0 Å². The van der Waals surface area contributed by atoms with E-state index in [4.69, 9.17) is 13.6 Å². The second-order valence-electron chi connectivity index (χ2n) is 8.40. The number of aliphatic hydroxyl groups excluding tert-OH is 1. The number of carbonyl (C=O) groups excluding carboxylic acids is 2. The third kappa shape index (κ3) is 3.28. The molecular weight excluding hydrogens is 434 g/mol. The van der Waals surface area contributed by atoms with Gasteiger partial charge in [0.2, 0.25) is 5.78 Å². The number of para-hydroxylation sites is 1. The summed E-state index contributed by atoms with van der Waals surface area (Å²) in [6.07, 6.45) is 0. The number of hydrogen-bond acceptors (Lipinski definition) is 6. The van der Waals surface area contributed by atoms with Crippen LogP contribution in [0.4, 0.5) is 5.69 Å². The van der Waals surface area contributed by atoms with E-state index in [9.17, 15) is 14.7 Å². The van der Waals surface area contributed by atoms with Crippen molar-refractivity contribution in [2.45, 2.75) is 26.8 Å². The van der Waals surface area contributed by atoms with Crippen LogP contribution in [0.5, 0.6) is 5.75 Å². The zero-order chi connectivity index (χ0) is 24.1. The summed E-state index contributed by atoms with van der Waals surface area (Å²) in [5, 5.41) is 11.6. The number of furan rings is 2. The number of fused-ring (bicyclic) bond motifs is 1. The lowest BCUT2D eigenvalue weighted by Crippen LogP contribution is -2.31. The zero-order valence-electron chi connectivity index (χ0n) is 19.2. The van der Waals surface area contributed by atoms with E-state index in [2.05, 4.69) is 0 Å². The predicted molar refractivity (Wildman–Crippen MR) is 126 cm³/mol. The lowest BCUT2D eigenvalue weighted by molar-refractivity contribution is -0.117. The summed E-state index contributed by atoms with van der Waals surface area (Å²) in [6.45, 7) is 5.56. The van der Waals surface area contributed by atoms with Gasteiger partial charge >= 0.3 is 0 Å². The van der Waals surface area contributed by atoms with E-state index >= 15 is 0 Å². The van der Waals surface area contributed by atoms with Crippen LogP contribution in [0, 0.1) is 20.8 Å². The Labute approximate surface area is 195 Å². The van der Waals surface area contributed by atoms with Gasteiger partial charge in [-0.3, -0.25) is 14.5 Å². The molecule has 7 heteroatoms. The van der Waals surface area contributed by atoms with E-state index in [0.717, 1.165) is 11.1 Å². The minimum Gasteiger partial charge on any atom is -0.503 e. The fourth-order valence-electron chi connectivity index (χ4n) is 4.38. The molecule has 0 radical (unpaired) electrons. The Morgan fingerprint density at radius 3 is 2.53 bits per heavy atom. The largest absolute Gasteiger partial charge is 0.503 e. The maximum absolute atomic E-state index is 13.7. The number of aliphatic hydroxyl groups is 1. The molecule has 0 saturated carbocycles. The van der Waals surface area contributed by atoms with Crippen molar-refractivity contribution >= 4 is 28.3 Å². The topological polar surface area (TPSA) is 93.1 Å². The molecule has 1 unspecified atom stereocenters. The third-order valence-electron chi connectivity index (χ3n) is 6.06. The Balaban J connectivity index is 1.68. The Morgan fingerprint density at radius 1 is 1.03 bits per heavy atom. The summed E-state index contributed by atoms with van der Waals surface area (Å²) in [5.74, 6) is -0.446. The first-order chi connectivity index (χ1) is 16.3. The van der Waals surface area contributed by atoms with Gasteiger partial charge in [-0.2, -0.15) is 0 Å². The lowest BCUT2D eigenvalue weighted by Gasteiger charge is -2.26. The van der Waals surface area contributed by atoms with Crippen LogP contribution in [-0.2, 0) is 4.79 Å². The number of anilines is 1. The first kappa shape index (κ1) is 21.6. The number of benzene rings is 2. The monoisotopic (exact) mass is 457 g/mol. The molecule has 2 aromatic carbocycles. The standard InChI is InChI=1S/C27H23NO6/c1-14-8-9-15(2)18(12-14)28-23(19-11-10-16(3)33-19)22(25(30)27(28)31)24(29)21-13-17-6-5-7-20(32-4)26(17)34-21/h5-13,23,30H,1-4H3. The average molecular weight is 457 g/mol. The average Bonchev–Trinajstić information content (AvgIpc) is 3.51. The van der Waals surface area contributed by atoms with E-state index < -0.39 is 23.5 Å². The van der Waals surface area contributed by atoms with Crippen LogP contribution in [-0.4, -0.2) is 23.9 Å². The lowest BCUT2D eigenvalue weighted by atomic mass is 9.98. The SMILES string of the molecule is COc1cccc2cc(C(=O)C3=C(O)C(=O)N(c4cc(C)ccc4C)C3c3ccc(C)o3)oc12. The van der Waals surface area contributed by atoms with Gasteiger partial charge in [0.1, 0.15) is 17.6 Å². The molecule has 0 saturated heterocycles. The highest BCUT2D eigenvalue weighted by Crippen LogP contribution is 2.44. The summed E-state index contributed by atoms with van der Waals surface area (Å²) < 4.78 is 17.0. The molecule has 4 aromatic rings. The van der Waals surface area contributed by atoms with Crippen LogP contribution in [0.2, 0.25) is 0 Å². The van der Waals surface area contributed by atoms with Crippen molar-refractivity contribution in [3.05, 3.63) is 94.3 Å². The van der Waals surface area contributed by atoms with Crippen LogP contribution >= 0.6 is 0 Å². The van der Waals surface area contributed by atoms with Gasteiger partial charge in [0.05, 0.1) is 12.7 Å². The molecule has 3 heterocycles. The predicted octanol–water partition coefficient (Wildman–Crippen LogP) is 5.74. The van der Waals surface area contributed by atoms with Crippen LogP contribution in [0.1, 0.15) is 39.2 Å². The first-order valence-electron chi connectivity index (χ1n) is 10.8. The van der Waals surface area contributed by atoms with E-state index in [1.807, 2.05) is 32.0 Å². The van der Waals surface area contributed by atoms with Crippen LogP contribution < -0.4 is 9.64 Å². The second kappa shape index (κ2) is 7.95. The van der Waals surface area contributed by atoms with Crippen molar-refractivity contribution in [2.75, 3.05) is 12.0 Å². The number of carbonyl (C=O) groups is 2. The molecule has 1 amide bonds. The van der Waals surface area contributed by atoms with Gasteiger partial charge in [0, 0.05) is 11.1 Å². The highest BCUT2D eigenvalue weighted by atomic mass is 16.5. The number of ketones is 1. The minimum absolute atomic E-state index is 0.00931. The summed E-state index contributed by atoms with van der Waals surface area (Å²) in [5.41, 5.74) is 2.66. The number of amides is 1. The van der Waals surface area contributed by atoms with Gasteiger partial charge in [-0.25, -0.2) is 0 Å². The molecule has 0 aliphatic carbocycles. The van der Waals surface area contributed by atoms with E-state index in [1.54, 1.807) is 43.3 Å². The Kier molecular flexibility index (Phi) is 5.05. The number of rotatable bonds is 5. The number of ether oxygens (including phenoxy) is 1. The normalized spacial score (nSPS) is 16.1. The molecule has 1 aliphatic heterocycles. The fraction of sp³-hybridized carbons (Fsp3) is 0.185. The third-order valence-corrected chi connectivity index (χ3v) is 6.06. The minimum atomic E-state index is -0.954. The maximum Gasteiger partial charge on any atom is 0.294 e. The van der Waals surface area contributed by atoms with Crippen molar-refractivity contribution in [3.63, 3.8) is 0 Å². The van der Waals surface area contributed by atoms with Gasteiger partial charge in [0.15, 0.2) is 22.9 Å². The number of nitrogens with zero attached hydrogens (tertiary/aromatic N) is 1. The van der Waals surface area contributed by atoms with Crippen LogP contribution in [0.25, 0.3) is 11.0 Å². The smallest absolute Gasteiger partial charge is 0.294 e. The molecule has 2 aromatic heterocycles. The first-order valence-corrected chi connectivity index (χ1v) is 10.8. The number of methoxy groups -OCH3 is 1. The van der Waals surface area contributed by atoms with Gasteiger partial charge in [-0.05, 0) is 62.2 Å². The summed E-state index contributed by atoms with van der Waals surface area (Å²) in [6, 6.07) is 15.1. The number of hydrogen-bond donors (Lipinski definition) is 1. The molecule has 34 heavy (non-hydrogen) atoms. The molecule has 0 spiro atoms. The summed E-state index contributed by atoms with van der Waals surface area (Å²) in [4.78, 5) is 28.5. The molecule has 1 N–H and O–H groups in total. The molecule has 1 aliphatic rings. The van der Waals surface area contributed by atoms with E-state index in [-0.39, 0.29) is 11.3 Å². The van der Waals surface area contributed by atoms with Crippen molar-refractivity contribution in [3.8, 4) is 5.75 Å². The molecule has 1 atom stereocenters. The maximum atomic E-state index is 13.7. The van der Waals surface area contributed by atoms with E-state index in [0.29, 0.717) is 33.9 Å².